The maximum absolute atomic E-state index is 9.01. The van der Waals surface area contributed by atoms with Crippen LogP contribution in [0.25, 0.3) is 0 Å². The SMILES string of the molecule is CCc1ccc(B(O)S)cn1. The van der Waals surface area contributed by atoms with Gasteiger partial charge in [-0.05, 0) is 17.9 Å². The number of hydrogen-bond acceptors (Lipinski definition) is 3. The second-order valence-electron chi connectivity index (χ2n) is 2.31. The summed E-state index contributed by atoms with van der Waals surface area (Å²) in [7, 11) is 0. The Morgan fingerprint density at radius 1 is 1.64 bits per heavy atom. The largest absolute Gasteiger partial charge is 0.438 e. The standard InChI is InChI=1S/C7H10BNOS/c1-2-7-4-3-6(5-9-7)8(10)11/h3-5,10-11H,2H2,1H3. The summed E-state index contributed by atoms with van der Waals surface area (Å²) in [6.45, 7) is 2.04. The highest BCUT2D eigenvalue weighted by atomic mass is 32.1. The first kappa shape index (κ1) is 8.62. The highest BCUT2D eigenvalue weighted by molar-refractivity contribution is 8.10. The minimum atomic E-state index is -0.714. The third-order valence-corrected chi connectivity index (χ3v) is 1.81. The Labute approximate surface area is 72.1 Å². The molecule has 0 amide bonds. The Kier molecular flexibility index (Phi) is 2.97. The van der Waals surface area contributed by atoms with Gasteiger partial charge < -0.3 is 5.02 Å². The lowest BCUT2D eigenvalue weighted by molar-refractivity contribution is 0.609. The van der Waals surface area contributed by atoms with E-state index in [0.717, 1.165) is 17.6 Å². The lowest BCUT2D eigenvalue weighted by Crippen LogP contribution is -2.24. The lowest BCUT2D eigenvalue weighted by atomic mass is 9.88. The van der Waals surface area contributed by atoms with Crippen LogP contribution in [0, 0.1) is 0 Å². The molecular weight excluding hydrogens is 157 g/mol. The summed E-state index contributed by atoms with van der Waals surface area (Å²) in [5.74, 6) is 0. The van der Waals surface area contributed by atoms with E-state index in [-0.39, 0.29) is 0 Å². The maximum atomic E-state index is 9.01. The number of pyridine rings is 1. The van der Waals surface area contributed by atoms with Crippen molar-refractivity contribution in [3.05, 3.63) is 24.0 Å². The van der Waals surface area contributed by atoms with Crippen LogP contribution in [0.2, 0.25) is 0 Å². The van der Waals surface area contributed by atoms with Crippen LogP contribution in [0.4, 0.5) is 0 Å². The van der Waals surface area contributed by atoms with E-state index in [4.69, 9.17) is 5.02 Å². The Bertz CT molecular complexity index is 224. The molecule has 1 aromatic heterocycles. The van der Waals surface area contributed by atoms with Gasteiger partial charge in [0.2, 0.25) is 0 Å². The van der Waals surface area contributed by atoms with Gasteiger partial charge in [0.15, 0.2) is 0 Å². The van der Waals surface area contributed by atoms with E-state index in [1.807, 2.05) is 19.1 Å². The van der Waals surface area contributed by atoms with Gasteiger partial charge in [-0.15, -0.1) is 0 Å². The fraction of sp³-hybridized carbons (Fsp3) is 0.286. The summed E-state index contributed by atoms with van der Waals surface area (Å²) in [4.78, 5) is 4.11. The van der Waals surface area contributed by atoms with Crippen LogP contribution in [0.5, 0.6) is 0 Å². The Hall–Kier alpha value is -0.475. The van der Waals surface area contributed by atoms with Crippen LogP contribution in [0.15, 0.2) is 18.3 Å². The molecule has 0 aromatic carbocycles. The monoisotopic (exact) mass is 167 g/mol. The molecule has 0 saturated heterocycles. The van der Waals surface area contributed by atoms with Gasteiger partial charge in [0.1, 0.15) is 0 Å². The van der Waals surface area contributed by atoms with E-state index in [0.29, 0.717) is 0 Å². The van der Waals surface area contributed by atoms with Crippen molar-refractivity contribution in [2.45, 2.75) is 13.3 Å². The molecule has 2 nitrogen and oxygen atoms in total. The van der Waals surface area contributed by atoms with Crippen LogP contribution in [-0.2, 0) is 6.42 Å². The van der Waals surface area contributed by atoms with E-state index in [1.165, 1.54) is 0 Å². The molecule has 0 atom stereocenters. The summed E-state index contributed by atoms with van der Waals surface area (Å²) in [5, 5.41) is 9.01. The lowest BCUT2D eigenvalue weighted by Gasteiger charge is -1.99. The first-order valence-corrected chi connectivity index (χ1v) is 4.06. The molecule has 0 spiro atoms. The zero-order valence-electron chi connectivity index (χ0n) is 6.36. The second kappa shape index (κ2) is 3.78. The van der Waals surface area contributed by atoms with Crippen molar-refractivity contribution in [1.29, 1.82) is 0 Å². The molecule has 1 heterocycles. The van der Waals surface area contributed by atoms with Gasteiger partial charge in [0, 0.05) is 11.9 Å². The number of nitrogens with zero attached hydrogens (tertiary/aromatic N) is 1. The van der Waals surface area contributed by atoms with Gasteiger partial charge in [0.05, 0.1) is 0 Å². The number of aromatic nitrogens is 1. The predicted molar refractivity (Wildman–Crippen MR) is 50.2 cm³/mol. The van der Waals surface area contributed by atoms with Crippen LogP contribution in [-0.4, -0.2) is 16.2 Å². The number of thiol groups is 1. The van der Waals surface area contributed by atoms with Crippen LogP contribution in [0.3, 0.4) is 0 Å². The van der Waals surface area contributed by atoms with E-state index in [2.05, 4.69) is 17.5 Å². The van der Waals surface area contributed by atoms with E-state index in [9.17, 15) is 0 Å². The third kappa shape index (κ3) is 2.24. The van der Waals surface area contributed by atoms with Crippen molar-refractivity contribution in [3.8, 4) is 0 Å². The zero-order chi connectivity index (χ0) is 8.27. The fourth-order valence-electron chi connectivity index (χ4n) is 0.798. The molecule has 0 unspecified atom stereocenters. The smallest absolute Gasteiger partial charge is 0.392 e. The topological polar surface area (TPSA) is 33.1 Å². The molecule has 0 bridgehead atoms. The van der Waals surface area contributed by atoms with Crippen molar-refractivity contribution >= 4 is 24.1 Å². The zero-order valence-corrected chi connectivity index (χ0v) is 7.25. The quantitative estimate of drug-likeness (QED) is 0.489. The van der Waals surface area contributed by atoms with Crippen molar-refractivity contribution < 1.29 is 5.02 Å². The molecular formula is C7H10BNOS. The molecule has 1 rings (SSSR count). The van der Waals surface area contributed by atoms with Gasteiger partial charge >= 0.3 is 6.19 Å². The molecule has 4 heteroatoms. The maximum Gasteiger partial charge on any atom is 0.392 e. The molecule has 58 valence electrons. The summed E-state index contributed by atoms with van der Waals surface area (Å²) in [6.07, 6.45) is 1.85. The van der Waals surface area contributed by atoms with Gasteiger partial charge in [-0.3, -0.25) is 4.98 Å². The number of rotatable bonds is 2. The number of aryl methyl sites for hydroxylation is 1. The van der Waals surface area contributed by atoms with Gasteiger partial charge in [-0.2, -0.15) is 12.5 Å². The molecule has 0 radical (unpaired) electrons. The molecule has 1 aromatic rings. The highest BCUT2D eigenvalue weighted by Gasteiger charge is 2.06. The third-order valence-electron chi connectivity index (χ3n) is 1.51. The molecule has 0 fully saturated rings. The summed E-state index contributed by atoms with van der Waals surface area (Å²) < 4.78 is 0. The summed E-state index contributed by atoms with van der Waals surface area (Å²) in [6, 6.07) is 3.73. The molecule has 0 aliphatic rings. The van der Waals surface area contributed by atoms with Gasteiger partial charge in [-0.25, -0.2) is 0 Å². The average molecular weight is 167 g/mol. The van der Waals surface area contributed by atoms with Gasteiger partial charge in [0.25, 0.3) is 0 Å². The molecule has 0 aliphatic carbocycles. The van der Waals surface area contributed by atoms with Crippen molar-refractivity contribution in [2.75, 3.05) is 0 Å². The first-order valence-electron chi connectivity index (χ1n) is 3.55. The minimum absolute atomic E-state index is 0.714. The average Bonchev–Trinajstić information content (AvgIpc) is 2.05. The molecule has 0 aliphatic heterocycles. The molecule has 11 heavy (non-hydrogen) atoms. The van der Waals surface area contributed by atoms with Gasteiger partial charge in [-0.1, -0.05) is 13.0 Å². The predicted octanol–water partition coefficient (Wildman–Crippen LogP) is 0.261. The normalized spacial score (nSPS) is 9.73. The van der Waals surface area contributed by atoms with Crippen molar-refractivity contribution in [3.63, 3.8) is 0 Å². The summed E-state index contributed by atoms with van der Waals surface area (Å²) in [5.41, 5.74) is 1.77. The van der Waals surface area contributed by atoms with Crippen LogP contribution in [0.1, 0.15) is 12.6 Å². The number of hydrogen-bond donors (Lipinski definition) is 2. The Morgan fingerprint density at radius 3 is 2.73 bits per heavy atom. The van der Waals surface area contributed by atoms with Crippen LogP contribution < -0.4 is 5.46 Å². The van der Waals surface area contributed by atoms with E-state index >= 15 is 0 Å². The first-order chi connectivity index (χ1) is 5.24. The van der Waals surface area contributed by atoms with E-state index in [1.54, 1.807) is 6.20 Å². The minimum Gasteiger partial charge on any atom is -0.438 e. The molecule has 0 saturated carbocycles. The second-order valence-corrected chi connectivity index (χ2v) is 2.80. The Balaban J connectivity index is 2.83. The molecule has 1 N–H and O–H groups in total. The summed E-state index contributed by atoms with van der Waals surface area (Å²) >= 11 is 3.87. The van der Waals surface area contributed by atoms with E-state index < -0.39 is 6.19 Å². The van der Waals surface area contributed by atoms with Crippen LogP contribution >= 0.6 is 12.5 Å². The van der Waals surface area contributed by atoms with Crippen molar-refractivity contribution in [2.24, 2.45) is 0 Å². The Morgan fingerprint density at radius 2 is 2.36 bits per heavy atom. The van der Waals surface area contributed by atoms with Crippen molar-refractivity contribution in [1.82, 2.24) is 4.98 Å². The highest BCUT2D eigenvalue weighted by Crippen LogP contribution is 1.93. The fourth-order valence-corrected chi connectivity index (χ4v) is 0.951.